The van der Waals surface area contributed by atoms with Crippen LogP contribution in [-0.4, -0.2) is 52.3 Å². The Kier molecular flexibility index (Phi) is 12.3. The lowest BCUT2D eigenvalue weighted by Gasteiger charge is -2.33. The molecule has 0 heterocycles. The van der Waals surface area contributed by atoms with Crippen LogP contribution in [0.4, 0.5) is 4.79 Å². The molecule has 11 heteroatoms. The number of aliphatic hydroxyl groups is 1. The Hall–Kier alpha value is -1.31. The Bertz CT molecular complexity index is 895. The summed E-state index contributed by atoms with van der Waals surface area (Å²) in [5, 5.41) is 11.5. The summed E-state index contributed by atoms with van der Waals surface area (Å²) in [6, 6.07) is 4.09. The van der Waals surface area contributed by atoms with Gasteiger partial charge in [-0.3, -0.25) is 14.3 Å². The zero-order valence-corrected chi connectivity index (χ0v) is 22.7. The first kappa shape index (κ1) is 29.9. The van der Waals surface area contributed by atoms with Gasteiger partial charge in [-0.1, -0.05) is 55.5 Å². The fourth-order valence-electron chi connectivity index (χ4n) is 4.29. The maximum atomic E-state index is 12.9. The molecule has 1 fully saturated rings. The summed E-state index contributed by atoms with van der Waals surface area (Å²) in [5.74, 6) is -0.292. The molecule has 2 N–H and O–H groups in total. The number of carbonyl (C=O) groups is 2. The van der Waals surface area contributed by atoms with E-state index >= 15 is 0 Å². The molecule has 0 aliphatic heterocycles. The zero-order chi connectivity index (χ0) is 26.0. The van der Waals surface area contributed by atoms with Gasteiger partial charge in [-0.05, 0) is 49.8 Å². The van der Waals surface area contributed by atoms with E-state index in [9.17, 15) is 24.2 Å². The Morgan fingerprint density at radius 3 is 2.49 bits per heavy atom. The average Bonchev–Trinajstić information content (AvgIpc) is 2.80. The Morgan fingerprint density at radius 1 is 1.17 bits per heavy atom. The molecule has 8 nitrogen and oxygen atoms in total. The van der Waals surface area contributed by atoms with Crippen molar-refractivity contribution in [1.29, 1.82) is 0 Å². The number of hydrogen-bond donors (Lipinski definition) is 2. The predicted molar refractivity (Wildman–Crippen MR) is 136 cm³/mol. The topological polar surface area (TPSA) is 113 Å². The first-order valence-corrected chi connectivity index (χ1v) is 14.9. The van der Waals surface area contributed by atoms with Gasteiger partial charge in [0.1, 0.15) is 6.23 Å². The minimum Gasteiger partial charge on any atom is -0.428 e. The largest absolute Gasteiger partial charge is 0.428 e. The van der Waals surface area contributed by atoms with Gasteiger partial charge < -0.3 is 19.5 Å². The quantitative estimate of drug-likeness (QED) is 0.176. The molecule has 0 radical (unpaired) electrons. The van der Waals surface area contributed by atoms with Crippen LogP contribution in [-0.2, 0) is 18.8 Å². The maximum absolute atomic E-state index is 12.9. The molecule has 1 aromatic rings. The van der Waals surface area contributed by atoms with Gasteiger partial charge in [0.25, 0.3) is 0 Å². The van der Waals surface area contributed by atoms with Gasteiger partial charge in [-0.2, -0.15) is 0 Å². The summed E-state index contributed by atoms with van der Waals surface area (Å²) in [4.78, 5) is 36.0. The summed E-state index contributed by atoms with van der Waals surface area (Å²) in [5.41, 5.74) is 0.577. The maximum Gasteiger partial charge on any atom is 0.415 e. The fraction of sp³-hybridized carbons (Fsp3) is 0.667. The van der Waals surface area contributed by atoms with E-state index in [1.54, 1.807) is 25.1 Å². The summed E-state index contributed by atoms with van der Waals surface area (Å²) >= 11 is 12.1. The number of rotatable bonds is 12. The van der Waals surface area contributed by atoms with Gasteiger partial charge in [0, 0.05) is 25.2 Å². The van der Waals surface area contributed by atoms with Gasteiger partial charge in [0.15, 0.2) is 0 Å². The third-order valence-corrected chi connectivity index (χ3v) is 9.02. The van der Waals surface area contributed by atoms with E-state index in [-0.39, 0.29) is 36.1 Å². The molecule has 2 unspecified atom stereocenters. The van der Waals surface area contributed by atoms with E-state index in [1.165, 1.54) is 0 Å². The van der Waals surface area contributed by atoms with Gasteiger partial charge in [-0.15, -0.1) is 0 Å². The number of nitrogens with zero attached hydrogens (tertiary/aromatic N) is 1. The highest BCUT2D eigenvalue weighted by Crippen LogP contribution is 2.46. The van der Waals surface area contributed by atoms with E-state index in [1.807, 2.05) is 6.92 Å². The van der Waals surface area contributed by atoms with Crippen LogP contribution in [0.15, 0.2) is 18.2 Å². The number of aliphatic hydroxyl groups excluding tert-OH is 1. The summed E-state index contributed by atoms with van der Waals surface area (Å²) < 4.78 is 22.8. The second kappa shape index (κ2) is 14.4. The highest BCUT2D eigenvalue weighted by Gasteiger charge is 2.33. The molecule has 0 aromatic heterocycles. The average molecular weight is 552 g/mol. The Balaban J connectivity index is 2.10. The molecular weight excluding hydrogens is 516 g/mol. The summed E-state index contributed by atoms with van der Waals surface area (Å²) in [6.45, 7) is 2.88. The highest BCUT2D eigenvalue weighted by atomic mass is 35.5. The van der Waals surface area contributed by atoms with Crippen LogP contribution in [0.25, 0.3) is 0 Å². The lowest BCUT2D eigenvalue weighted by atomic mass is 9.91. The van der Waals surface area contributed by atoms with Crippen LogP contribution < -0.4 is 0 Å². The molecular formula is C24H36Cl2NO7P. The zero-order valence-electron chi connectivity index (χ0n) is 20.3. The van der Waals surface area contributed by atoms with Gasteiger partial charge in [0.2, 0.25) is 14.2 Å². The molecule has 198 valence electrons. The number of amides is 1. The number of benzene rings is 1. The molecule has 1 aromatic carbocycles. The first-order valence-electron chi connectivity index (χ1n) is 12.1. The van der Waals surface area contributed by atoms with Crippen LogP contribution in [0.5, 0.6) is 0 Å². The van der Waals surface area contributed by atoms with E-state index in [0.29, 0.717) is 17.0 Å². The predicted octanol–water partition coefficient (Wildman–Crippen LogP) is 6.35. The van der Waals surface area contributed by atoms with Crippen LogP contribution in [0.1, 0.15) is 76.8 Å². The van der Waals surface area contributed by atoms with Crippen molar-refractivity contribution in [3.05, 3.63) is 33.8 Å². The fourth-order valence-corrected chi connectivity index (χ4v) is 6.58. The Morgan fingerprint density at radius 2 is 1.86 bits per heavy atom. The van der Waals surface area contributed by atoms with Crippen molar-refractivity contribution < 1.29 is 33.6 Å². The van der Waals surface area contributed by atoms with Crippen molar-refractivity contribution in [3.63, 3.8) is 0 Å². The SMILES string of the molecule is CCCC(=O)OCOC(=O)N(C(O)CCP(=O)(O)CC1CCCCC1)[C@H](C)c1ccc(Cl)c(Cl)c1. The summed E-state index contributed by atoms with van der Waals surface area (Å²) in [6.07, 6.45) is 3.59. The van der Waals surface area contributed by atoms with Crippen molar-refractivity contribution in [2.75, 3.05) is 19.1 Å². The molecule has 1 saturated carbocycles. The van der Waals surface area contributed by atoms with Crippen LogP contribution in [0.2, 0.25) is 10.0 Å². The van der Waals surface area contributed by atoms with E-state index in [2.05, 4.69) is 0 Å². The van der Waals surface area contributed by atoms with Crippen molar-refractivity contribution >= 4 is 42.6 Å². The molecule has 2 rings (SSSR count). The second-order valence-corrected chi connectivity index (χ2v) is 12.4. The highest BCUT2D eigenvalue weighted by molar-refractivity contribution is 7.58. The van der Waals surface area contributed by atoms with E-state index < -0.39 is 38.5 Å². The minimum atomic E-state index is -3.49. The van der Waals surface area contributed by atoms with Crippen molar-refractivity contribution in [3.8, 4) is 0 Å². The number of halogens is 2. The smallest absolute Gasteiger partial charge is 0.415 e. The lowest BCUT2D eigenvalue weighted by molar-refractivity contribution is -0.153. The second-order valence-electron chi connectivity index (χ2n) is 9.08. The minimum absolute atomic E-state index is 0.114. The molecule has 1 aliphatic carbocycles. The monoisotopic (exact) mass is 551 g/mol. The normalized spacial score (nSPS) is 17.8. The van der Waals surface area contributed by atoms with Crippen molar-refractivity contribution in [1.82, 2.24) is 4.90 Å². The van der Waals surface area contributed by atoms with E-state index in [0.717, 1.165) is 37.0 Å². The number of hydrogen-bond acceptors (Lipinski definition) is 6. The van der Waals surface area contributed by atoms with E-state index in [4.69, 9.17) is 32.7 Å². The molecule has 0 spiro atoms. The molecule has 1 amide bonds. The standard InChI is InChI=1S/C24H36Cl2NO7P/c1-3-7-23(29)33-16-34-24(30)27(17(2)19-10-11-20(25)21(26)14-19)22(28)12-13-35(31,32)15-18-8-5-4-6-9-18/h10-11,14,17-18,22,28H,3-9,12-13,15-16H2,1-2H3,(H,31,32)/t17-,22?/m1/s1. The third-order valence-electron chi connectivity index (χ3n) is 6.24. The molecule has 0 saturated heterocycles. The van der Waals surface area contributed by atoms with Crippen LogP contribution >= 0.6 is 30.6 Å². The lowest BCUT2D eigenvalue weighted by Crippen LogP contribution is -2.43. The van der Waals surface area contributed by atoms with Crippen molar-refractivity contribution in [2.45, 2.75) is 77.5 Å². The van der Waals surface area contributed by atoms with Crippen LogP contribution in [0.3, 0.4) is 0 Å². The molecule has 3 atom stereocenters. The number of carbonyl (C=O) groups excluding carboxylic acids is 2. The van der Waals surface area contributed by atoms with Crippen molar-refractivity contribution in [2.24, 2.45) is 5.92 Å². The van der Waals surface area contributed by atoms with Crippen LogP contribution in [0, 0.1) is 5.92 Å². The van der Waals surface area contributed by atoms with Gasteiger partial charge in [-0.25, -0.2) is 4.79 Å². The molecule has 35 heavy (non-hydrogen) atoms. The third kappa shape index (κ3) is 9.93. The Labute approximate surface area is 217 Å². The molecule has 1 aliphatic rings. The van der Waals surface area contributed by atoms with Gasteiger partial charge in [0.05, 0.1) is 16.1 Å². The first-order chi connectivity index (χ1) is 16.5. The number of esters is 1. The molecule has 0 bridgehead atoms. The number of ether oxygens (including phenoxy) is 2. The van der Waals surface area contributed by atoms with Gasteiger partial charge >= 0.3 is 12.1 Å². The summed E-state index contributed by atoms with van der Waals surface area (Å²) in [7, 11) is -3.49.